The van der Waals surface area contributed by atoms with Gasteiger partial charge in [-0.1, -0.05) is 18.7 Å². The van der Waals surface area contributed by atoms with Crippen LogP contribution in [0.25, 0.3) is 10.9 Å². The average molecular weight is 199 g/mol. The molecule has 74 valence electrons. The summed E-state index contributed by atoms with van der Waals surface area (Å²) in [5.41, 5.74) is 1.31. The predicted molar refractivity (Wildman–Crippen MR) is 58.1 cm³/mol. The molecule has 3 nitrogen and oxygen atoms in total. The fourth-order valence-electron chi connectivity index (χ4n) is 1.58. The summed E-state index contributed by atoms with van der Waals surface area (Å²) in [7, 11) is 0. The summed E-state index contributed by atoms with van der Waals surface area (Å²) in [6, 6.07) is 7.02. The zero-order valence-corrected chi connectivity index (χ0v) is 8.01. The summed E-state index contributed by atoms with van der Waals surface area (Å²) in [6.45, 7) is 3.43. The maximum Gasteiger partial charge on any atom is 0.254 e. The number of aldehydes is 1. The van der Waals surface area contributed by atoms with Crippen LogP contribution in [0.3, 0.4) is 0 Å². The number of aromatic nitrogens is 1. The van der Waals surface area contributed by atoms with E-state index in [-0.39, 0.29) is 5.91 Å². The second-order valence-electron chi connectivity index (χ2n) is 3.13. The molecule has 0 N–H and O–H groups in total. The molecular weight excluding hydrogens is 190 g/mol. The lowest BCUT2D eigenvalue weighted by atomic mass is 10.1. The third-order valence-corrected chi connectivity index (χ3v) is 2.31. The number of allylic oxidation sites excluding steroid dienone is 1. The van der Waals surface area contributed by atoms with E-state index in [2.05, 4.69) is 6.58 Å². The van der Waals surface area contributed by atoms with Gasteiger partial charge in [0, 0.05) is 17.1 Å². The normalized spacial score (nSPS) is 10.1. The molecule has 0 radical (unpaired) electrons. The van der Waals surface area contributed by atoms with Gasteiger partial charge < -0.3 is 0 Å². The molecule has 0 bridgehead atoms. The Morgan fingerprint density at radius 3 is 2.80 bits per heavy atom. The van der Waals surface area contributed by atoms with Gasteiger partial charge in [-0.15, -0.1) is 0 Å². The molecule has 0 aliphatic heterocycles. The quantitative estimate of drug-likeness (QED) is 0.549. The van der Waals surface area contributed by atoms with E-state index in [1.54, 1.807) is 30.5 Å². The molecule has 0 atom stereocenters. The van der Waals surface area contributed by atoms with Crippen molar-refractivity contribution in [2.45, 2.75) is 0 Å². The minimum Gasteiger partial charge on any atom is -0.298 e. The summed E-state index contributed by atoms with van der Waals surface area (Å²) in [5.74, 6) is -0.201. The Morgan fingerprint density at radius 2 is 2.13 bits per heavy atom. The standard InChI is InChI=1S/C12H9NO2/c1-2-12(15)13-7-6-10-9(8-14)4-3-5-11(10)13/h2-8H,1H2. The molecule has 2 rings (SSSR count). The molecule has 0 aliphatic rings. The highest BCUT2D eigenvalue weighted by Gasteiger charge is 2.07. The van der Waals surface area contributed by atoms with Crippen molar-refractivity contribution in [3.8, 4) is 0 Å². The third kappa shape index (κ3) is 1.38. The van der Waals surface area contributed by atoms with Crippen molar-refractivity contribution in [2.75, 3.05) is 0 Å². The lowest BCUT2D eigenvalue weighted by Crippen LogP contribution is -2.04. The van der Waals surface area contributed by atoms with Crippen LogP contribution in [0.1, 0.15) is 15.2 Å². The number of rotatable bonds is 2. The molecule has 1 heterocycles. The van der Waals surface area contributed by atoms with Crippen LogP contribution >= 0.6 is 0 Å². The lowest BCUT2D eigenvalue weighted by Gasteiger charge is -1.99. The molecule has 15 heavy (non-hydrogen) atoms. The highest BCUT2D eigenvalue weighted by molar-refractivity contribution is 6.03. The number of benzene rings is 1. The predicted octanol–water partition coefficient (Wildman–Crippen LogP) is 2.28. The maximum atomic E-state index is 11.4. The summed E-state index contributed by atoms with van der Waals surface area (Å²) in [5, 5.41) is 0.780. The Labute approximate surface area is 86.6 Å². The molecule has 1 aromatic carbocycles. The van der Waals surface area contributed by atoms with Crippen LogP contribution in [0, 0.1) is 0 Å². The van der Waals surface area contributed by atoms with Gasteiger partial charge in [-0.2, -0.15) is 0 Å². The fraction of sp³-hybridized carbons (Fsp3) is 0. The zero-order valence-electron chi connectivity index (χ0n) is 8.01. The van der Waals surface area contributed by atoms with E-state index in [0.717, 1.165) is 17.2 Å². The third-order valence-electron chi connectivity index (χ3n) is 2.31. The highest BCUT2D eigenvalue weighted by Crippen LogP contribution is 2.18. The minimum absolute atomic E-state index is 0.201. The molecule has 0 spiro atoms. The van der Waals surface area contributed by atoms with Gasteiger partial charge in [-0.25, -0.2) is 0 Å². The van der Waals surface area contributed by atoms with Crippen LogP contribution in [0.4, 0.5) is 0 Å². The van der Waals surface area contributed by atoms with E-state index in [4.69, 9.17) is 0 Å². The molecule has 1 aromatic heterocycles. The topological polar surface area (TPSA) is 39.1 Å². The first-order chi connectivity index (χ1) is 7.27. The Hall–Kier alpha value is -2.16. The van der Waals surface area contributed by atoms with Crippen molar-refractivity contribution in [1.82, 2.24) is 4.57 Å². The van der Waals surface area contributed by atoms with Crippen molar-refractivity contribution in [3.63, 3.8) is 0 Å². The molecule has 0 fully saturated rings. The second-order valence-corrected chi connectivity index (χ2v) is 3.13. The number of nitrogens with zero attached hydrogens (tertiary/aromatic N) is 1. The van der Waals surface area contributed by atoms with Gasteiger partial charge in [-0.05, 0) is 18.2 Å². The van der Waals surface area contributed by atoms with Gasteiger partial charge in [0.05, 0.1) is 5.52 Å². The SMILES string of the molecule is C=CC(=O)n1ccc2c(C=O)cccc21. The smallest absolute Gasteiger partial charge is 0.254 e. The molecule has 0 saturated heterocycles. The van der Waals surface area contributed by atoms with Crippen LogP contribution in [0.15, 0.2) is 43.1 Å². The molecule has 0 unspecified atom stereocenters. The molecule has 2 aromatic rings. The largest absolute Gasteiger partial charge is 0.298 e. The number of carbonyl (C=O) groups excluding carboxylic acids is 2. The second kappa shape index (κ2) is 3.53. The Morgan fingerprint density at radius 1 is 1.33 bits per heavy atom. The summed E-state index contributed by atoms with van der Waals surface area (Å²) >= 11 is 0. The van der Waals surface area contributed by atoms with Crippen molar-refractivity contribution in [2.24, 2.45) is 0 Å². The molecule has 0 amide bonds. The highest BCUT2D eigenvalue weighted by atomic mass is 16.1. The first-order valence-corrected chi connectivity index (χ1v) is 4.50. The van der Waals surface area contributed by atoms with Crippen molar-refractivity contribution in [1.29, 1.82) is 0 Å². The maximum absolute atomic E-state index is 11.4. The fourth-order valence-corrected chi connectivity index (χ4v) is 1.58. The number of hydrogen-bond donors (Lipinski definition) is 0. The van der Waals surface area contributed by atoms with E-state index in [0.29, 0.717) is 5.56 Å². The number of fused-ring (bicyclic) bond motifs is 1. The summed E-state index contributed by atoms with van der Waals surface area (Å²) in [4.78, 5) is 22.2. The van der Waals surface area contributed by atoms with Crippen molar-refractivity contribution >= 4 is 23.1 Å². The van der Waals surface area contributed by atoms with Gasteiger partial charge in [0.2, 0.25) is 0 Å². The van der Waals surface area contributed by atoms with Crippen LogP contribution in [0.2, 0.25) is 0 Å². The van der Waals surface area contributed by atoms with E-state index < -0.39 is 0 Å². The van der Waals surface area contributed by atoms with Gasteiger partial charge >= 0.3 is 0 Å². The number of hydrogen-bond acceptors (Lipinski definition) is 2. The minimum atomic E-state index is -0.201. The first kappa shape index (κ1) is 9.40. The van der Waals surface area contributed by atoms with Crippen LogP contribution < -0.4 is 0 Å². The summed E-state index contributed by atoms with van der Waals surface area (Å²) < 4.78 is 1.47. The monoisotopic (exact) mass is 199 g/mol. The van der Waals surface area contributed by atoms with Crippen LogP contribution in [0.5, 0.6) is 0 Å². The lowest BCUT2D eigenvalue weighted by molar-refractivity contribution is 0.0973. The van der Waals surface area contributed by atoms with Gasteiger partial charge in [0.25, 0.3) is 5.91 Å². The Bertz CT molecular complexity index is 552. The molecule has 3 heteroatoms. The van der Waals surface area contributed by atoms with Gasteiger partial charge in [0.15, 0.2) is 6.29 Å². The van der Waals surface area contributed by atoms with Crippen LogP contribution in [-0.4, -0.2) is 16.8 Å². The van der Waals surface area contributed by atoms with E-state index >= 15 is 0 Å². The van der Waals surface area contributed by atoms with Crippen LogP contribution in [-0.2, 0) is 0 Å². The van der Waals surface area contributed by atoms with Crippen molar-refractivity contribution in [3.05, 3.63) is 48.7 Å². The Kier molecular flexibility index (Phi) is 2.21. The van der Waals surface area contributed by atoms with E-state index in [9.17, 15) is 9.59 Å². The molecular formula is C12H9NO2. The Balaban J connectivity index is 2.76. The van der Waals surface area contributed by atoms with Gasteiger partial charge in [0.1, 0.15) is 0 Å². The number of carbonyl (C=O) groups is 2. The van der Waals surface area contributed by atoms with Crippen molar-refractivity contribution < 1.29 is 9.59 Å². The zero-order chi connectivity index (χ0) is 10.8. The van der Waals surface area contributed by atoms with E-state index in [1.165, 1.54) is 10.6 Å². The first-order valence-electron chi connectivity index (χ1n) is 4.50. The van der Waals surface area contributed by atoms with E-state index in [1.807, 2.05) is 0 Å². The molecule has 0 aliphatic carbocycles. The van der Waals surface area contributed by atoms with Gasteiger partial charge in [-0.3, -0.25) is 14.2 Å². The summed E-state index contributed by atoms with van der Waals surface area (Å²) in [6.07, 6.45) is 3.67. The average Bonchev–Trinajstić information content (AvgIpc) is 2.71. The molecule has 0 saturated carbocycles.